The zero-order valence-electron chi connectivity index (χ0n) is 14.5. The predicted molar refractivity (Wildman–Crippen MR) is 99.2 cm³/mol. The normalized spacial score (nSPS) is 10.7. The summed E-state index contributed by atoms with van der Waals surface area (Å²) in [4.78, 5) is 10.9. The molecule has 2 heterocycles. The minimum absolute atomic E-state index is 0.296. The van der Waals surface area contributed by atoms with Crippen molar-refractivity contribution < 1.29 is 0 Å². The molecule has 0 saturated heterocycles. The maximum Gasteiger partial charge on any atom is 0.244 e. The van der Waals surface area contributed by atoms with Gasteiger partial charge in [0, 0.05) is 31.5 Å². The van der Waals surface area contributed by atoms with Gasteiger partial charge in [0.05, 0.1) is 6.20 Å². The van der Waals surface area contributed by atoms with Gasteiger partial charge < -0.3 is 10.2 Å². The summed E-state index contributed by atoms with van der Waals surface area (Å²) in [6.45, 7) is 5.71. The van der Waals surface area contributed by atoms with E-state index < -0.39 is 0 Å². The first kappa shape index (κ1) is 16.8. The van der Waals surface area contributed by atoms with E-state index in [0.29, 0.717) is 18.5 Å². The number of pyridine rings is 1. The first-order valence-electron chi connectivity index (χ1n) is 8.35. The maximum absolute atomic E-state index is 4.63. The molecule has 0 aliphatic carbocycles. The highest BCUT2D eigenvalue weighted by Gasteiger charge is 2.14. The fraction of sp³-hybridized carbons (Fsp3) is 0.263. The molecule has 6 heteroatoms. The van der Waals surface area contributed by atoms with Gasteiger partial charge in [-0.05, 0) is 37.1 Å². The Bertz CT molecular complexity index is 776. The molecule has 3 rings (SSSR count). The van der Waals surface area contributed by atoms with Gasteiger partial charge in [0.15, 0.2) is 5.82 Å². The van der Waals surface area contributed by atoms with E-state index in [0.717, 1.165) is 17.9 Å². The number of nitrogens with zero attached hydrogens (tertiary/aromatic N) is 5. The highest BCUT2D eigenvalue weighted by Crippen LogP contribution is 2.18. The van der Waals surface area contributed by atoms with Crippen LogP contribution in [0.1, 0.15) is 25.0 Å². The van der Waals surface area contributed by atoms with Crippen molar-refractivity contribution in [2.45, 2.75) is 33.0 Å². The van der Waals surface area contributed by atoms with E-state index in [2.05, 4.69) is 56.4 Å². The lowest BCUT2D eigenvalue weighted by atomic mass is 10.2. The third-order valence-electron chi connectivity index (χ3n) is 3.86. The number of nitrogens with one attached hydrogen (secondary N) is 1. The Morgan fingerprint density at radius 1 is 1.00 bits per heavy atom. The molecule has 0 saturated carbocycles. The van der Waals surface area contributed by atoms with E-state index in [1.165, 1.54) is 5.56 Å². The zero-order chi connectivity index (χ0) is 17.5. The molecule has 0 aliphatic rings. The first-order valence-corrected chi connectivity index (χ1v) is 8.35. The molecule has 2 aromatic heterocycles. The van der Waals surface area contributed by atoms with Crippen LogP contribution in [-0.4, -0.2) is 26.2 Å². The van der Waals surface area contributed by atoms with Crippen molar-refractivity contribution >= 4 is 11.8 Å². The molecule has 6 nitrogen and oxygen atoms in total. The van der Waals surface area contributed by atoms with Crippen molar-refractivity contribution in [2.75, 3.05) is 10.2 Å². The van der Waals surface area contributed by atoms with Gasteiger partial charge >= 0.3 is 0 Å². The minimum atomic E-state index is 0.296. The van der Waals surface area contributed by atoms with Gasteiger partial charge in [-0.25, -0.2) is 0 Å². The lowest BCUT2D eigenvalue weighted by Gasteiger charge is -2.27. The van der Waals surface area contributed by atoms with Crippen LogP contribution in [0, 0.1) is 0 Å². The van der Waals surface area contributed by atoms with Crippen molar-refractivity contribution in [3.05, 3.63) is 72.2 Å². The molecular formula is C19H22N6. The van der Waals surface area contributed by atoms with Crippen LogP contribution in [0.25, 0.3) is 0 Å². The Morgan fingerprint density at radius 2 is 1.76 bits per heavy atom. The molecule has 3 aromatic rings. The summed E-state index contributed by atoms with van der Waals surface area (Å²) >= 11 is 0. The van der Waals surface area contributed by atoms with Gasteiger partial charge in [-0.2, -0.15) is 10.1 Å². The topological polar surface area (TPSA) is 66.8 Å². The molecule has 0 bridgehead atoms. The third-order valence-corrected chi connectivity index (χ3v) is 3.86. The molecule has 0 fully saturated rings. The monoisotopic (exact) mass is 334 g/mol. The Kier molecular flexibility index (Phi) is 5.51. The summed E-state index contributed by atoms with van der Waals surface area (Å²) in [5, 5.41) is 11.4. The molecule has 0 unspecified atom stereocenters. The number of aromatic nitrogens is 4. The summed E-state index contributed by atoms with van der Waals surface area (Å²) in [5.74, 6) is 1.33. The van der Waals surface area contributed by atoms with Gasteiger partial charge in [0.1, 0.15) is 0 Å². The van der Waals surface area contributed by atoms with Gasteiger partial charge in [-0.15, -0.1) is 5.10 Å². The molecular weight excluding hydrogens is 312 g/mol. The molecule has 0 aliphatic heterocycles. The lowest BCUT2D eigenvalue weighted by Crippen LogP contribution is -2.31. The second-order valence-electron chi connectivity index (χ2n) is 6.05. The van der Waals surface area contributed by atoms with Crippen molar-refractivity contribution in [3.63, 3.8) is 0 Å². The molecule has 0 atom stereocenters. The number of hydrogen-bond donors (Lipinski definition) is 1. The van der Waals surface area contributed by atoms with Gasteiger partial charge in [-0.1, -0.05) is 30.3 Å². The summed E-state index contributed by atoms with van der Waals surface area (Å²) in [7, 11) is 0. The number of rotatable bonds is 7. The SMILES string of the molecule is CC(C)N(Cc1ccccc1)c1cnnc(NCc2ccncc2)n1. The quantitative estimate of drug-likeness (QED) is 0.715. The van der Waals surface area contributed by atoms with E-state index in [4.69, 9.17) is 0 Å². The van der Waals surface area contributed by atoms with E-state index in [1.54, 1.807) is 18.6 Å². The Labute approximate surface area is 148 Å². The molecule has 0 spiro atoms. The summed E-state index contributed by atoms with van der Waals surface area (Å²) in [5.41, 5.74) is 2.36. The Hall–Kier alpha value is -3.02. The molecule has 1 N–H and O–H groups in total. The van der Waals surface area contributed by atoms with Crippen LogP contribution in [0.3, 0.4) is 0 Å². The summed E-state index contributed by atoms with van der Waals surface area (Å²) in [6.07, 6.45) is 5.25. The first-order chi connectivity index (χ1) is 12.2. The fourth-order valence-corrected chi connectivity index (χ4v) is 2.50. The Balaban J connectivity index is 1.73. The van der Waals surface area contributed by atoms with Crippen molar-refractivity contribution in [1.29, 1.82) is 0 Å². The lowest BCUT2D eigenvalue weighted by molar-refractivity contribution is 0.667. The van der Waals surface area contributed by atoms with Crippen LogP contribution >= 0.6 is 0 Å². The van der Waals surface area contributed by atoms with Crippen LogP contribution < -0.4 is 10.2 Å². The van der Waals surface area contributed by atoms with Crippen LogP contribution in [0.2, 0.25) is 0 Å². The van der Waals surface area contributed by atoms with Crippen molar-refractivity contribution in [1.82, 2.24) is 20.2 Å². The highest BCUT2D eigenvalue weighted by atomic mass is 15.3. The largest absolute Gasteiger partial charge is 0.349 e. The average Bonchev–Trinajstić information content (AvgIpc) is 2.66. The molecule has 0 radical (unpaired) electrons. The summed E-state index contributed by atoms with van der Waals surface area (Å²) < 4.78 is 0. The smallest absolute Gasteiger partial charge is 0.244 e. The van der Waals surface area contributed by atoms with Crippen LogP contribution in [0.15, 0.2) is 61.1 Å². The predicted octanol–water partition coefficient (Wildman–Crippen LogP) is 3.29. The molecule has 1 aromatic carbocycles. The molecule has 0 amide bonds. The van der Waals surface area contributed by atoms with E-state index in [1.807, 2.05) is 30.3 Å². The average molecular weight is 334 g/mol. The molecule has 128 valence electrons. The van der Waals surface area contributed by atoms with Crippen LogP contribution in [0.5, 0.6) is 0 Å². The Morgan fingerprint density at radius 3 is 2.48 bits per heavy atom. The van der Waals surface area contributed by atoms with Gasteiger partial charge in [0.2, 0.25) is 5.95 Å². The fourth-order valence-electron chi connectivity index (χ4n) is 2.50. The second-order valence-corrected chi connectivity index (χ2v) is 6.05. The van der Waals surface area contributed by atoms with E-state index in [-0.39, 0.29) is 0 Å². The van der Waals surface area contributed by atoms with Gasteiger partial charge in [0.25, 0.3) is 0 Å². The number of benzene rings is 1. The molecule has 25 heavy (non-hydrogen) atoms. The van der Waals surface area contributed by atoms with Crippen LogP contribution in [-0.2, 0) is 13.1 Å². The zero-order valence-corrected chi connectivity index (χ0v) is 14.5. The standard InChI is InChI=1S/C19H22N6/c1-15(2)25(14-17-6-4-3-5-7-17)18-13-22-24-19(23-18)21-12-16-8-10-20-11-9-16/h3-11,13,15H,12,14H2,1-2H3,(H,21,23,24). The highest BCUT2D eigenvalue weighted by molar-refractivity contribution is 5.42. The van der Waals surface area contributed by atoms with Crippen LogP contribution in [0.4, 0.5) is 11.8 Å². The van der Waals surface area contributed by atoms with Crippen molar-refractivity contribution in [3.8, 4) is 0 Å². The van der Waals surface area contributed by atoms with E-state index >= 15 is 0 Å². The maximum atomic E-state index is 4.63. The van der Waals surface area contributed by atoms with E-state index in [9.17, 15) is 0 Å². The number of hydrogen-bond acceptors (Lipinski definition) is 6. The second kappa shape index (κ2) is 8.19. The van der Waals surface area contributed by atoms with Crippen molar-refractivity contribution in [2.24, 2.45) is 0 Å². The van der Waals surface area contributed by atoms with Gasteiger partial charge in [-0.3, -0.25) is 4.98 Å². The summed E-state index contributed by atoms with van der Waals surface area (Å²) in [6, 6.07) is 14.6. The third kappa shape index (κ3) is 4.73. The minimum Gasteiger partial charge on any atom is -0.349 e. The number of anilines is 2.